The van der Waals surface area contributed by atoms with Crippen LogP contribution < -0.4 is 10.1 Å². The topological polar surface area (TPSA) is 84.3 Å². The lowest BCUT2D eigenvalue weighted by Gasteiger charge is -2.16. The molecule has 104 valence electrons. The van der Waals surface area contributed by atoms with E-state index in [1.54, 1.807) is 6.07 Å². The van der Waals surface area contributed by atoms with Crippen molar-refractivity contribution >= 4 is 11.8 Å². The second-order valence-electron chi connectivity index (χ2n) is 4.69. The summed E-state index contributed by atoms with van der Waals surface area (Å²) in [5.74, 6) is 0.446. The number of aliphatic carboxylic acids is 1. The molecule has 0 aliphatic heterocycles. The van der Waals surface area contributed by atoms with E-state index in [0.29, 0.717) is 24.8 Å². The number of nitrogens with one attached hydrogen (secondary N) is 1. The molecule has 1 fully saturated rings. The number of rotatable bonds is 6. The van der Waals surface area contributed by atoms with Crippen molar-refractivity contribution in [1.29, 1.82) is 0 Å². The molecule has 0 amide bonds. The second-order valence-corrected chi connectivity index (χ2v) is 4.69. The van der Waals surface area contributed by atoms with Gasteiger partial charge in [-0.15, -0.1) is 0 Å². The summed E-state index contributed by atoms with van der Waals surface area (Å²) < 4.78 is 5.29. The first-order valence-corrected chi connectivity index (χ1v) is 6.62. The molecule has 0 saturated heterocycles. The molecular formula is C13H19N3O3. The highest BCUT2D eigenvalue weighted by molar-refractivity contribution is 5.70. The average Bonchev–Trinajstić information content (AvgIpc) is 2.86. The van der Waals surface area contributed by atoms with Crippen LogP contribution in [-0.4, -0.2) is 34.2 Å². The van der Waals surface area contributed by atoms with E-state index < -0.39 is 5.97 Å². The molecule has 0 aromatic carbocycles. The third-order valence-corrected chi connectivity index (χ3v) is 3.46. The Labute approximate surface area is 112 Å². The zero-order chi connectivity index (χ0) is 13.7. The summed E-state index contributed by atoms with van der Waals surface area (Å²) >= 11 is 0. The van der Waals surface area contributed by atoms with E-state index in [2.05, 4.69) is 15.3 Å². The summed E-state index contributed by atoms with van der Waals surface area (Å²) in [6.07, 6.45) is 4.15. The van der Waals surface area contributed by atoms with Crippen LogP contribution in [0.5, 0.6) is 5.88 Å². The van der Waals surface area contributed by atoms with Crippen molar-refractivity contribution in [1.82, 2.24) is 9.97 Å². The molecule has 1 saturated carbocycles. The lowest BCUT2D eigenvalue weighted by atomic mass is 9.96. The van der Waals surface area contributed by atoms with Gasteiger partial charge in [-0.25, -0.2) is 9.97 Å². The van der Waals surface area contributed by atoms with E-state index in [9.17, 15) is 4.79 Å². The SMILES string of the molecule is CCOc1cc(NCC2CCCC2C(=O)O)ncn1. The minimum Gasteiger partial charge on any atom is -0.481 e. The van der Waals surface area contributed by atoms with Gasteiger partial charge in [-0.05, 0) is 25.7 Å². The monoisotopic (exact) mass is 265 g/mol. The fourth-order valence-electron chi connectivity index (χ4n) is 2.50. The molecule has 1 heterocycles. The summed E-state index contributed by atoms with van der Waals surface area (Å²) in [6, 6.07) is 1.73. The van der Waals surface area contributed by atoms with Crippen molar-refractivity contribution in [3.8, 4) is 5.88 Å². The van der Waals surface area contributed by atoms with Gasteiger partial charge in [-0.3, -0.25) is 4.79 Å². The van der Waals surface area contributed by atoms with E-state index in [-0.39, 0.29) is 11.8 Å². The number of carboxylic acids is 1. The summed E-state index contributed by atoms with van der Waals surface area (Å²) in [4.78, 5) is 19.2. The van der Waals surface area contributed by atoms with Gasteiger partial charge in [0.05, 0.1) is 12.5 Å². The van der Waals surface area contributed by atoms with Crippen LogP contribution in [0.3, 0.4) is 0 Å². The molecule has 2 atom stereocenters. The normalized spacial score (nSPS) is 22.2. The predicted molar refractivity (Wildman–Crippen MR) is 70.2 cm³/mol. The highest BCUT2D eigenvalue weighted by Gasteiger charge is 2.32. The molecule has 2 unspecified atom stereocenters. The fraction of sp³-hybridized carbons (Fsp3) is 0.615. The number of nitrogens with zero attached hydrogens (tertiary/aromatic N) is 2. The first kappa shape index (κ1) is 13.6. The summed E-state index contributed by atoms with van der Waals surface area (Å²) in [5, 5.41) is 12.3. The first-order chi connectivity index (χ1) is 9.20. The van der Waals surface area contributed by atoms with E-state index in [1.807, 2.05) is 6.92 Å². The van der Waals surface area contributed by atoms with Crippen molar-refractivity contribution in [3.05, 3.63) is 12.4 Å². The van der Waals surface area contributed by atoms with E-state index in [1.165, 1.54) is 6.33 Å². The van der Waals surface area contributed by atoms with Crippen molar-refractivity contribution in [2.45, 2.75) is 26.2 Å². The van der Waals surface area contributed by atoms with E-state index in [4.69, 9.17) is 9.84 Å². The number of hydrogen-bond acceptors (Lipinski definition) is 5. The summed E-state index contributed by atoms with van der Waals surface area (Å²) in [7, 11) is 0. The van der Waals surface area contributed by atoms with Crippen LogP contribution in [0.25, 0.3) is 0 Å². The van der Waals surface area contributed by atoms with Gasteiger partial charge in [-0.2, -0.15) is 0 Å². The Balaban J connectivity index is 1.91. The molecule has 2 N–H and O–H groups in total. The van der Waals surface area contributed by atoms with Crippen molar-refractivity contribution in [2.75, 3.05) is 18.5 Å². The lowest BCUT2D eigenvalue weighted by Crippen LogP contribution is -2.24. The van der Waals surface area contributed by atoms with Crippen molar-refractivity contribution in [3.63, 3.8) is 0 Å². The van der Waals surface area contributed by atoms with E-state index in [0.717, 1.165) is 19.3 Å². The Hall–Kier alpha value is -1.85. The third kappa shape index (κ3) is 3.56. The van der Waals surface area contributed by atoms with Gasteiger partial charge < -0.3 is 15.2 Å². The molecule has 2 rings (SSSR count). The Kier molecular flexibility index (Phi) is 4.54. The quantitative estimate of drug-likeness (QED) is 0.815. The number of ether oxygens (including phenoxy) is 1. The molecule has 19 heavy (non-hydrogen) atoms. The van der Waals surface area contributed by atoms with Crippen LogP contribution in [0.2, 0.25) is 0 Å². The number of aromatic nitrogens is 2. The molecule has 1 aromatic heterocycles. The fourth-order valence-corrected chi connectivity index (χ4v) is 2.50. The maximum absolute atomic E-state index is 11.1. The molecule has 1 aromatic rings. The molecular weight excluding hydrogens is 246 g/mol. The Morgan fingerprint density at radius 3 is 3.11 bits per heavy atom. The Morgan fingerprint density at radius 2 is 2.37 bits per heavy atom. The van der Waals surface area contributed by atoms with Crippen molar-refractivity contribution < 1.29 is 14.6 Å². The smallest absolute Gasteiger partial charge is 0.306 e. The number of carboxylic acid groups (broad SMARTS) is 1. The first-order valence-electron chi connectivity index (χ1n) is 6.62. The standard InChI is InChI=1S/C13H19N3O3/c1-2-19-12-6-11(15-8-16-12)14-7-9-4-3-5-10(9)13(17)18/h6,8-10H,2-5,7H2,1H3,(H,17,18)(H,14,15,16). The predicted octanol–water partition coefficient (Wildman–Crippen LogP) is 1.79. The maximum Gasteiger partial charge on any atom is 0.306 e. The number of carbonyl (C=O) groups is 1. The molecule has 6 heteroatoms. The zero-order valence-electron chi connectivity index (χ0n) is 11.0. The van der Waals surface area contributed by atoms with Gasteiger partial charge in [0.2, 0.25) is 5.88 Å². The van der Waals surface area contributed by atoms with Crippen LogP contribution in [0.1, 0.15) is 26.2 Å². The highest BCUT2D eigenvalue weighted by atomic mass is 16.5. The van der Waals surface area contributed by atoms with E-state index >= 15 is 0 Å². The maximum atomic E-state index is 11.1. The minimum atomic E-state index is -0.693. The minimum absolute atomic E-state index is 0.169. The molecule has 0 bridgehead atoms. The Morgan fingerprint density at radius 1 is 1.53 bits per heavy atom. The van der Waals surface area contributed by atoms with Gasteiger partial charge in [0, 0.05) is 12.6 Å². The largest absolute Gasteiger partial charge is 0.481 e. The van der Waals surface area contributed by atoms with Crippen LogP contribution in [0.4, 0.5) is 5.82 Å². The number of hydrogen-bond donors (Lipinski definition) is 2. The molecule has 1 aliphatic rings. The Bertz CT molecular complexity index is 439. The van der Waals surface area contributed by atoms with Gasteiger partial charge in [0.25, 0.3) is 0 Å². The van der Waals surface area contributed by atoms with Gasteiger partial charge in [0.1, 0.15) is 12.1 Å². The lowest BCUT2D eigenvalue weighted by molar-refractivity contribution is -0.142. The van der Waals surface area contributed by atoms with Gasteiger partial charge >= 0.3 is 5.97 Å². The molecule has 0 radical (unpaired) electrons. The molecule has 0 spiro atoms. The summed E-state index contributed by atoms with van der Waals surface area (Å²) in [6.45, 7) is 3.07. The van der Waals surface area contributed by atoms with Crippen LogP contribution in [0.15, 0.2) is 12.4 Å². The highest BCUT2D eigenvalue weighted by Crippen LogP contribution is 2.32. The van der Waals surface area contributed by atoms with Gasteiger partial charge in [-0.1, -0.05) is 6.42 Å². The second kappa shape index (κ2) is 6.36. The molecule has 6 nitrogen and oxygen atoms in total. The van der Waals surface area contributed by atoms with Crippen LogP contribution in [0, 0.1) is 11.8 Å². The van der Waals surface area contributed by atoms with Crippen molar-refractivity contribution in [2.24, 2.45) is 11.8 Å². The zero-order valence-corrected chi connectivity index (χ0v) is 11.0. The van der Waals surface area contributed by atoms with Gasteiger partial charge in [0.15, 0.2) is 0 Å². The summed E-state index contributed by atoms with van der Waals surface area (Å²) in [5.41, 5.74) is 0. The number of anilines is 1. The molecule has 1 aliphatic carbocycles. The van der Waals surface area contributed by atoms with Crippen LogP contribution in [-0.2, 0) is 4.79 Å². The average molecular weight is 265 g/mol. The third-order valence-electron chi connectivity index (χ3n) is 3.46. The van der Waals surface area contributed by atoms with Crippen LogP contribution >= 0.6 is 0 Å².